The van der Waals surface area contributed by atoms with Gasteiger partial charge in [0.25, 0.3) is 5.91 Å². The quantitative estimate of drug-likeness (QED) is 0.856. The number of rotatable bonds is 5. The van der Waals surface area contributed by atoms with E-state index in [0.29, 0.717) is 11.4 Å². The number of ether oxygens (including phenoxy) is 1. The molecule has 0 spiro atoms. The van der Waals surface area contributed by atoms with Crippen molar-refractivity contribution in [2.45, 2.75) is 0 Å². The first-order valence-electron chi connectivity index (χ1n) is 7.02. The van der Waals surface area contributed by atoms with Crippen molar-refractivity contribution in [3.8, 4) is 5.75 Å². The van der Waals surface area contributed by atoms with E-state index in [0.717, 1.165) is 16.6 Å². The molecule has 134 valence electrons. The van der Waals surface area contributed by atoms with E-state index in [2.05, 4.69) is 5.32 Å². The van der Waals surface area contributed by atoms with Crippen molar-refractivity contribution in [2.75, 3.05) is 30.0 Å². The van der Waals surface area contributed by atoms with E-state index >= 15 is 0 Å². The first-order chi connectivity index (χ1) is 11.6. The van der Waals surface area contributed by atoms with Crippen LogP contribution in [0.4, 0.5) is 15.8 Å². The summed E-state index contributed by atoms with van der Waals surface area (Å²) in [5, 5.41) is 2.44. The summed E-state index contributed by atoms with van der Waals surface area (Å²) in [5.41, 5.74) is 0.710. The number of halogens is 2. The summed E-state index contributed by atoms with van der Waals surface area (Å²) < 4.78 is 42.7. The minimum atomic E-state index is -3.49. The highest BCUT2D eigenvalue weighted by atomic mass is 35.5. The molecule has 0 fully saturated rings. The molecule has 1 N–H and O–H groups in total. The van der Waals surface area contributed by atoms with Gasteiger partial charge < -0.3 is 10.1 Å². The fourth-order valence-corrected chi connectivity index (χ4v) is 2.71. The molecule has 2 aromatic rings. The maximum Gasteiger partial charge on any atom is 0.259 e. The smallest absolute Gasteiger partial charge is 0.259 e. The highest BCUT2D eigenvalue weighted by Crippen LogP contribution is 2.27. The van der Waals surface area contributed by atoms with E-state index in [1.165, 1.54) is 44.5 Å². The standard InChI is InChI=1S/C16H16ClFN2O4S/c1-20(25(3,22)23)11-5-7-15(24-2)12(9-11)16(21)19-10-4-6-14(18)13(17)8-10/h4-9H,1-3H3,(H,19,21). The normalized spacial score (nSPS) is 11.1. The number of hydrogen-bond donors (Lipinski definition) is 1. The lowest BCUT2D eigenvalue weighted by atomic mass is 10.1. The van der Waals surface area contributed by atoms with Crippen molar-refractivity contribution in [3.05, 3.63) is 52.8 Å². The third-order valence-corrected chi connectivity index (χ3v) is 4.96. The fourth-order valence-electron chi connectivity index (χ4n) is 2.03. The number of carbonyl (C=O) groups excluding carboxylic acids is 1. The Bertz CT molecular complexity index is 918. The van der Waals surface area contributed by atoms with Gasteiger partial charge in [-0.2, -0.15) is 0 Å². The molecule has 25 heavy (non-hydrogen) atoms. The van der Waals surface area contributed by atoms with E-state index in [9.17, 15) is 17.6 Å². The van der Waals surface area contributed by atoms with Crippen molar-refractivity contribution >= 4 is 38.9 Å². The molecule has 0 aliphatic heterocycles. The summed E-state index contributed by atoms with van der Waals surface area (Å²) in [6, 6.07) is 8.16. The lowest BCUT2D eigenvalue weighted by molar-refractivity contribution is 0.102. The molecule has 1 amide bonds. The van der Waals surface area contributed by atoms with Gasteiger partial charge in [0, 0.05) is 12.7 Å². The van der Waals surface area contributed by atoms with Crippen LogP contribution in [0.1, 0.15) is 10.4 Å². The van der Waals surface area contributed by atoms with E-state index in [1.807, 2.05) is 0 Å². The van der Waals surface area contributed by atoms with Crippen molar-refractivity contribution < 1.29 is 22.3 Å². The molecule has 0 radical (unpaired) electrons. The molecule has 0 aromatic heterocycles. The lowest BCUT2D eigenvalue weighted by Gasteiger charge is -2.18. The number of anilines is 2. The summed E-state index contributed by atoms with van der Waals surface area (Å²) in [4.78, 5) is 12.5. The predicted octanol–water partition coefficient (Wildman–Crippen LogP) is 3.14. The topological polar surface area (TPSA) is 75.7 Å². The van der Waals surface area contributed by atoms with Gasteiger partial charge in [0.05, 0.1) is 29.6 Å². The zero-order chi connectivity index (χ0) is 18.8. The van der Waals surface area contributed by atoms with E-state index in [1.54, 1.807) is 0 Å². The minimum absolute atomic E-state index is 0.121. The minimum Gasteiger partial charge on any atom is -0.496 e. The monoisotopic (exact) mass is 386 g/mol. The number of sulfonamides is 1. The molecule has 0 bridgehead atoms. The van der Waals surface area contributed by atoms with Gasteiger partial charge in [-0.3, -0.25) is 9.10 Å². The van der Waals surface area contributed by atoms with E-state index < -0.39 is 21.7 Å². The van der Waals surface area contributed by atoms with E-state index in [-0.39, 0.29) is 16.3 Å². The number of nitrogens with one attached hydrogen (secondary N) is 1. The zero-order valence-corrected chi connectivity index (χ0v) is 15.3. The molecular weight excluding hydrogens is 371 g/mol. The average Bonchev–Trinajstić information content (AvgIpc) is 2.56. The predicted molar refractivity (Wildman–Crippen MR) is 95.6 cm³/mol. The van der Waals surface area contributed by atoms with Crippen LogP contribution < -0.4 is 14.4 Å². The third-order valence-electron chi connectivity index (χ3n) is 3.47. The number of carbonyl (C=O) groups is 1. The Morgan fingerprint density at radius 1 is 1.24 bits per heavy atom. The number of amides is 1. The highest BCUT2D eigenvalue weighted by Gasteiger charge is 2.18. The molecule has 0 unspecified atom stereocenters. The van der Waals surface area contributed by atoms with Crippen LogP contribution in [0.3, 0.4) is 0 Å². The van der Waals surface area contributed by atoms with Crippen molar-refractivity contribution in [2.24, 2.45) is 0 Å². The molecule has 2 rings (SSSR count). The largest absolute Gasteiger partial charge is 0.496 e. The van der Waals surface area contributed by atoms with Crippen molar-refractivity contribution in [1.82, 2.24) is 0 Å². The Kier molecular flexibility index (Phi) is 5.54. The Balaban J connectivity index is 2.38. The Morgan fingerprint density at radius 2 is 1.92 bits per heavy atom. The van der Waals surface area contributed by atoms with Crippen LogP contribution in [0.25, 0.3) is 0 Å². The Morgan fingerprint density at radius 3 is 2.48 bits per heavy atom. The van der Waals surface area contributed by atoms with Crippen LogP contribution in [0.15, 0.2) is 36.4 Å². The first-order valence-corrected chi connectivity index (χ1v) is 9.24. The first kappa shape index (κ1) is 19.0. The number of hydrogen-bond acceptors (Lipinski definition) is 4. The molecule has 0 heterocycles. The summed E-state index contributed by atoms with van der Waals surface area (Å²) in [6.45, 7) is 0. The summed E-state index contributed by atoms with van der Waals surface area (Å²) >= 11 is 5.69. The summed E-state index contributed by atoms with van der Waals surface area (Å²) in [6.07, 6.45) is 1.05. The van der Waals surface area contributed by atoms with Crippen molar-refractivity contribution in [3.63, 3.8) is 0 Å². The van der Waals surface area contributed by atoms with Gasteiger partial charge in [0.2, 0.25) is 10.0 Å². The molecule has 0 saturated carbocycles. The highest BCUT2D eigenvalue weighted by molar-refractivity contribution is 7.92. The van der Waals surface area contributed by atoms with Gasteiger partial charge >= 0.3 is 0 Å². The number of nitrogens with zero attached hydrogens (tertiary/aromatic N) is 1. The second kappa shape index (κ2) is 7.28. The van der Waals surface area contributed by atoms with E-state index in [4.69, 9.17) is 16.3 Å². The summed E-state index contributed by atoms with van der Waals surface area (Å²) in [7, 11) is -0.722. The number of methoxy groups -OCH3 is 1. The molecule has 0 atom stereocenters. The SMILES string of the molecule is COc1ccc(N(C)S(C)(=O)=O)cc1C(=O)Nc1ccc(F)c(Cl)c1. The fraction of sp³-hybridized carbons (Fsp3) is 0.188. The van der Waals surface area contributed by atoms with Gasteiger partial charge in [-0.25, -0.2) is 12.8 Å². The maximum absolute atomic E-state index is 13.2. The third kappa shape index (κ3) is 4.40. The Labute approximate surface area is 150 Å². The second-order valence-corrected chi connectivity index (χ2v) is 7.62. The summed E-state index contributed by atoms with van der Waals surface area (Å²) in [5.74, 6) is -0.895. The molecule has 9 heteroatoms. The molecule has 6 nitrogen and oxygen atoms in total. The van der Waals surface area contributed by atoms with Crippen molar-refractivity contribution in [1.29, 1.82) is 0 Å². The molecule has 2 aromatic carbocycles. The van der Waals surface area contributed by atoms with Gasteiger partial charge in [0.15, 0.2) is 0 Å². The van der Waals surface area contributed by atoms with Crippen LogP contribution in [0, 0.1) is 5.82 Å². The van der Waals surface area contributed by atoms with Gasteiger partial charge in [0.1, 0.15) is 11.6 Å². The second-order valence-electron chi connectivity index (χ2n) is 5.20. The van der Waals surface area contributed by atoms with Crippen LogP contribution in [0.5, 0.6) is 5.75 Å². The molecular formula is C16H16ClFN2O4S. The van der Waals surface area contributed by atoms with Gasteiger partial charge in [-0.05, 0) is 36.4 Å². The van der Waals surface area contributed by atoms with Crippen LogP contribution in [-0.2, 0) is 10.0 Å². The van der Waals surface area contributed by atoms with Gasteiger partial charge in [-0.1, -0.05) is 11.6 Å². The number of benzene rings is 2. The molecule has 0 saturated heterocycles. The molecule has 0 aliphatic rings. The lowest BCUT2D eigenvalue weighted by Crippen LogP contribution is -2.25. The van der Waals surface area contributed by atoms with Crippen LogP contribution in [-0.4, -0.2) is 34.7 Å². The molecule has 0 aliphatic carbocycles. The maximum atomic E-state index is 13.2. The van der Waals surface area contributed by atoms with Crippen LogP contribution in [0.2, 0.25) is 5.02 Å². The average molecular weight is 387 g/mol. The zero-order valence-electron chi connectivity index (χ0n) is 13.7. The van der Waals surface area contributed by atoms with Crippen LogP contribution >= 0.6 is 11.6 Å². The van der Waals surface area contributed by atoms with Gasteiger partial charge in [-0.15, -0.1) is 0 Å². The Hall–Kier alpha value is -2.32.